The topological polar surface area (TPSA) is 69.9 Å². The maximum absolute atomic E-state index is 11.2. The van der Waals surface area contributed by atoms with E-state index in [1.807, 2.05) is 18.2 Å². The van der Waals surface area contributed by atoms with Crippen molar-refractivity contribution in [2.45, 2.75) is 13.2 Å². The van der Waals surface area contributed by atoms with Crippen molar-refractivity contribution in [2.75, 3.05) is 12.4 Å². The number of fused-ring (bicyclic) bond motifs is 1. The van der Waals surface area contributed by atoms with Crippen LogP contribution in [0.15, 0.2) is 47.3 Å². The summed E-state index contributed by atoms with van der Waals surface area (Å²) < 4.78 is 5.09. The number of methoxy groups -OCH3 is 1. The number of hydrogen-bond donors (Lipinski definition) is 3. The molecule has 5 heteroatoms. The summed E-state index contributed by atoms with van der Waals surface area (Å²) in [6, 6.07) is 14.0. The molecule has 21 heavy (non-hydrogen) atoms. The van der Waals surface area contributed by atoms with E-state index in [-0.39, 0.29) is 5.69 Å². The molecule has 0 fully saturated rings. The van der Waals surface area contributed by atoms with Gasteiger partial charge in [-0.05, 0) is 29.3 Å². The molecule has 0 unspecified atom stereocenters. The van der Waals surface area contributed by atoms with E-state index in [4.69, 9.17) is 4.74 Å². The fourth-order valence-corrected chi connectivity index (χ4v) is 2.27. The van der Waals surface area contributed by atoms with E-state index >= 15 is 0 Å². The maximum atomic E-state index is 11.2. The number of imidazole rings is 1. The van der Waals surface area contributed by atoms with Gasteiger partial charge in [-0.25, -0.2) is 4.79 Å². The van der Waals surface area contributed by atoms with E-state index in [0.717, 1.165) is 28.8 Å². The Bertz CT molecular complexity index is 787. The first kappa shape index (κ1) is 13.5. The zero-order valence-corrected chi connectivity index (χ0v) is 11.8. The van der Waals surface area contributed by atoms with E-state index in [9.17, 15) is 4.79 Å². The molecule has 0 spiro atoms. The number of nitrogens with one attached hydrogen (secondary N) is 3. The molecular formula is C16H17N3O2. The van der Waals surface area contributed by atoms with Gasteiger partial charge in [0.15, 0.2) is 0 Å². The maximum Gasteiger partial charge on any atom is 0.323 e. The minimum absolute atomic E-state index is 0.184. The molecule has 0 aliphatic carbocycles. The van der Waals surface area contributed by atoms with E-state index in [1.165, 1.54) is 5.56 Å². The molecule has 0 amide bonds. The molecule has 0 aliphatic heterocycles. The molecule has 3 N–H and O–H groups in total. The predicted molar refractivity (Wildman–Crippen MR) is 83.4 cm³/mol. The average molecular weight is 283 g/mol. The Morgan fingerprint density at radius 3 is 2.48 bits per heavy atom. The molecule has 2 aromatic carbocycles. The largest absolute Gasteiger partial charge is 0.381 e. The first-order chi connectivity index (χ1) is 10.2. The van der Waals surface area contributed by atoms with E-state index in [0.29, 0.717) is 6.61 Å². The lowest BCUT2D eigenvalue weighted by molar-refractivity contribution is 0.185. The van der Waals surface area contributed by atoms with Gasteiger partial charge in [-0.2, -0.15) is 0 Å². The molecule has 0 atom stereocenters. The van der Waals surface area contributed by atoms with Gasteiger partial charge in [0.25, 0.3) is 0 Å². The standard InChI is InChI=1S/C16H17N3O2/c1-21-10-12-4-2-11(3-5-12)9-17-13-6-7-14-15(8-13)19-16(20)18-14/h2-8,17H,9-10H2,1H3,(H2,18,19,20). The second-order valence-electron chi connectivity index (χ2n) is 4.94. The highest BCUT2D eigenvalue weighted by Gasteiger charge is 2.00. The first-order valence-electron chi connectivity index (χ1n) is 6.77. The molecule has 3 aromatic rings. The van der Waals surface area contributed by atoms with Crippen LogP contribution in [0.2, 0.25) is 0 Å². The number of H-pyrrole nitrogens is 2. The van der Waals surface area contributed by atoms with Crippen LogP contribution in [0.5, 0.6) is 0 Å². The molecule has 0 radical (unpaired) electrons. The van der Waals surface area contributed by atoms with Crippen LogP contribution in [0.25, 0.3) is 11.0 Å². The molecule has 108 valence electrons. The average Bonchev–Trinajstić information content (AvgIpc) is 2.86. The second-order valence-corrected chi connectivity index (χ2v) is 4.94. The van der Waals surface area contributed by atoms with Gasteiger partial charge >= 0.3 is 5.69 Å². The van der Waals surface area contributed by atoms with Crippen molar-refractivity contribution < 1.29 is 4.74 Å². The predicted octanol–water partition coefficient (Wildman–Crippen LogP) is 2.61. The van der Waals surface area contributed by atoms with Crippen molar-refractivity contribution in [1.82, 2.24) is 9.97 Å². The van der Waals surface area contributed by atoms with Crippen LogP contribution in [0.3, 0.4) is 0 Å². The smallest absolute Gasteiger partial charge is 0.323 e. The number of anilines is 1. The van der Waals surface area contributed by atoms with E-state index < -0.39 is 0 Å². The summed E-state index contributed by atoms with van der Waals surface area (Å²) >= 11 is 0. The highest BCUT2D eigenvalue weighted by molar-refractivity contribution is 5.78. The van der Waals surface area contributed by atoms with Crippen molar-refractivity contribution in [3.05, 3.63) is 64.1 Å². The quantitative estimate of drug-likeness (QED) is 0.674. The SMILES string of the molecule is COCc1ccc(CNc2ccc3[nH]c(=O)[nH]c3c2)cc1. The number of aromatic nitrogens is 2. The van der Waals surface area contributed by atoms with Gasteiger partial charge in [0, 0.05) is 19.3 Å². The van der Waals surface area contributed by atoms with Gasteiger partial charge in [-0.1, -0.05) is 24.3 Å². The summed E-state index contributed by atoms with van der Waals surface area (Å²) in [6.07, 6.45) is 0. The number of ether oxygens (including phenoxy) is 1. The molecule has 0 saturated heterocycles. The number of benzene rings is 2. The van der Waals surface area contributed by atoms with Gasteiger partial charge in [-0.15, -0.1) is 0 Å². The third kappa shape index (κ3) is 3.14. The summed E-state index contributed by atoms with van der Waals surface area (Å²) in [7, 11) is 1.69. The van der Waals surface area contributed by atoms with Gasteiger partial charge < -0.3 is 20.0 Å². The Balaban J connectivity index is 1.69. The molecular weight excluding hydrogens is 266 g/mol. The highest BCUT2D eigenvalue weighted by atomic mass is 16.5. The lowest BCUT2D eigenvalue weighted by atomic mass is 10.1. The minimum atomic E-state index is -0.184. The van der Waals surface area contributed by atoms with Crippen LogP contribution in [0.4, 0.5) is 5.69 Å². The Kier molecular flexibility index (Phi) is 3.75. The van der Waals surface area contributed by atoms with E-state index in [1.54, 1.807) is 7.11 Å². The van der Waals surface area contributed by atoms with Gasteiger partial charge in [0.1, 0.15) is 0 Å². The molecule has 1 aromatic heterocycles. The Morgan fingerprint density at radius 1 is 1.00 bits per heavy atom. The van der Waals surface area contributed by atoms with Crippen LogP contribution >= 0.6 is 0 Å². The summed E-state index contributed by atoms with van der Waals surface area (Å²) in [6.45, 7) is 1.36. The van der Waals surface area contributed by atoms with Crippen molar-refractivity contribution in [3.8, 4) is 0 Å². The molecule has 0 aliphatic rings. The van der Waals surface area contributed by atoms with Crippen molar-refractivity contribution in [3.63, 3.8) is 0 Å². The van der Waals surface area contributed by atoms with Crippen molar-refractivity contribution in [2.24, 2.45) is 0 Å². The fraction of sp³-hybridized carbons (Fsp3) is 0.188. The highest BCUT2D eigenvalue weighted by Crippen LogP contribution is 2.15. The minimum Gasteiger partial charge on any atom is -0.381 e. The zero-order valence-electron chi connectivity index (χ0n) is 11.8. The number of aromatic amines is 2. The van der Waals surface area contributed by atoms with Crippen molar-refractivity contribution >= 4 is 16.7 Å². The van der Waals surface area contributed by atoms with Crippen molar-refractivity contribution in [1.29, 1.82) is 0 Å². The Hall–Kier alpha value is -2.53. The molecule has 1 heterocycles. The molecule has 3 rings (SSSR count). The first-order valence-corrected chi connectivity index (χ1v) is 6.77. The van der Waals surface area contributed by atoms with Crippen LogP contribution in [-0.4, -0.2) is 17.1 Å². The summed E-state index contributed by atoms with van der Waals surface area (Å²) in [5.41, 5.74) is 4.76. The molecule has 0 saturated carbocycles. The van der Waals surface area contributed by atoms with Gasteiger partial charge in [-0.3, -0.25) is 0 Å². The summed E-state index contributed by atoms with van der Waals surface area (Å²) in [5.74, 6) is 0. The van der Waals surface area contributed by atoms with E-state index in [2.05, 4.69) is 39.6 Å². The third-order valence-corrected chi connectivity index (χ3v) is 3.35. The Morgan fingerprint density at radius 2 is 1.71 bits per heavy atom. The molecule has 0 bridgehead atoms. The van der Waals surface area contributed by atoms with Gasteiger partial charge in [0.05, 0.1) is 17.6 Å². The molecule has 5 nitrogen and oxygen atoms in total. The second kappa shape index (κ2) is 5.85. The number of rotatable bonds is 5. The van der Waals surface area contributed by atoms with Crippen LogP contribution in [0.1, 0.15) is 11.1 Å². The Labute approximate surface area is 122 Å². The zero-order chi connectivity index (χ0) is 14.7. The lowest BCUT2D eigenvalue weighted by Gasteiger charge is -2.07. The summed E-state index contributed by atoms with van der Waals surface area (Å²) in [4.78, 5) is 16.7. The van der Waals surface area contributed by atoms with Gasteiger partial charge in [0.2, 0.25) is 0 Å². The normalized spacial score (nSPS) is 10.9. The van der Waals surface area contributed by atoms with Crippen LogP contribution in [0, 0.1) is 0 Å². The third-order valence-electron chi connectivity index (χ3n) is 3.35. The monoisotopic (exact) mass is 283 g/mol. The van der Waals surface area contributed by atoms with Crippen LogP contribution < -0.4 is 11.0 Å². The summed E-state index contributed by atoms with van der Waals surface area (Å²) in [5, 5.41) is 3.35. The fourth-order valence-electron chi connectivity index (χ4n) is 2.27. The lowest BCUT2D eigenvalue weighted by Crippen LogP contribution is -2.00. The number of hydrogen-bond acceptors (Lipinski definition) is 3. The van der Waals surface area contributed by atoms with Crippen LogP contribution in [-0.2, 0) is 17.9 Å².